The van der Waals surface area contributed by atoms with E-state index in [0.717, 1.165) is 29.5 Å². The van der Waals surface area contributed by atoms with Crippen molar-refractivity contribution < 1.29 is 37.9 Å². The van der Waals surface area contributed by atoms with E-state index in [1.54, 1.807) is 29.6 Å². The molecule has 2 unspecified atom stereocenters. The van der Waals surface area contributed by atoms with Crippen LogP contribution in [0.4, 0.5) is 19.6 Å². The van der Waals surface area contributed by atoms with Crippen LogP contribution in [0.15, 0.2) is 60.1 Å². The fourth-order valence-corrected chi connectivity index (χ4v) is 6.94. The number of carbonyl (C=O) groups excluding carboxylic acids is 5. The van der Waals surface area contributed by atoms with Gasteiger partial charge in [-0.1, -0.05) is 18.2 Å². The number of piperidine rings is 1. The number of nitrogens with zero attached hydrogens (tertiary/aromatic N) is 3. The van der Waals surface area contributed by atoms with Crippen molar-refractivity contribution in [3.05, 3.63) is 105 Å². The summed E-state index contributed by atoms with van der Waals surface area (Å²) >= 11 is 1.15. The molecule has 1 aromatic heterocycles. The Morgan fingerprint density at radius 2 is 1.88 bits per heavy atom. The van der Waals surface area contributed by atoms with E-state index < -0.39 is 53.3 Å². The van der Waals surface area contributed by atoms with Crippen molar-refractivity contribution in [2.24, 2.45) is 0 Å². The van der Waals surface area contributed by atoms with Gasteiger partial charge in [-0.3, -0.25) is 34.6 Å². The molecule has 244 valence electrons. The Balaban J connectivity index is 1.13. The van der Waals surface area contributed by atoms with E-state index in [0.29, 0.717) is 22.4 Å². The summed E-state index contributed by atoms with van der Waals surface area (Å²) in [7, 11) is 0. The SMILES string of the molecule is O=C1CCC(N2Cc3cc(CNc4cccc5c4C(=O)N(C(C(=O)Nc4nccs4)c4cc(F)ccc4O)C5)cc(F)c3C2=O)C(=O)N1. The number of benzene rings is 3. The predicted octanol–water partition coefficient (Wildman–Crippen LogP) is 3.84. The highest BCUT2D eigenvalue weighted by Crippen LogP contribution is 2.39. The lowest BCUT2D eigenvalue weighted by atomic mass is 10.0. The van der Waals surface area contributed by atoms with Crippen LogP contribution in [0.1, 0.15) is 61.9 Å². The third-order valence-electron chi connectivity index (χ3n) is 8.59. The normalized spacial score (nSPS) is 17.7. The molecule has 48 heavy (non-hydrogen) atoms. The van der Waals surface area contributed by atoms with Gasteiger partial charge in [0.2, 0.25) is 11.8 Å². The minimum absolute atomic E-state index is 0.00322. The van der Waals surface area contributed by atoms with Crippen molar-refractivity contribution in [3.63, 3.8) is 0 Å². The molecule has 0 saturated carbocycles. The first-order valence-electron chi connectivity index (χ1n) is 14.9. The Bertz CT molecular complexity index is 2020. The van der Waals surface area contributed by atoms with Gasteiger partial charge in [-0.25, -0.2) is 13.8 Å². The summed E-state index contributed by atoms with van der Waals surface area (Å²) in [5.74, 6) is -4.72. The van der Waals surface area contributed by atoms with E-state index in [2.05, 4.69) is 20.9 Å². The fraction of sp³-hybridized carbons (Fsp3) is 0.212. The number of aromatic nitrogens is 1. The number of halogens is 2. The van der Waals surface area contributed by atoms with Crippen LogP contribution in [0.25, 0.3) is 0 Å². The van der Waals surface area contributed by atoms with E-state index in [1.807, 2.05) is 0 Å². The van der Waals surface area contributed by atoms with Gasteiger partial charge in [0.05, 0.1) is 11.1 Å². The molecule has 0 bridgehead atoms. The average Bonchev–Trinajstić information content (AvgIpc) is 3.76. The molecule has 3 aromatic carbocycles. The van der Waals surface area contributed by atoms with Crippen LogP contribution in [-0.4, -0.2) is 55.5 Å². The van der Waals surface area contributed by atoms with Crippen molar-refractivity contribution in [2.45, 2.75) is 44.6 Å². The first-order chi connectivity index (χ1) is 23.1. The van der Waals surface area contributed by atoms with Gasteiger partial charge in [-0.15, -0.1) is 11.3 Å². The number of aromatic hydroxyl groups is 1. The molecule has 3 aliphatic heterocycles. The van der Waals surface area contributed by atoms with Gasteiger partial charge in [0, 0.05) is 48.9 Å². The van der Waals surface area contributed by atoms with E-state index in [4.69, 9.17) is 0 Å². The van der Waals surface area contributed by atoms with E-state index in [-0.39, 0.29) is 60.0 Å². The highest BCUT2D eigenvalue weighted by atomic mass is 32.1. The number of fused-ring (bicyclic) bond motifs is 2. The van der Waals surface area contributed by atoms with Gasteiger partial charge in [0.15, 0.2) is 5.13 Å². The van der Waals surface area contributed by atoms with Crippen LogP contribution in [0, 0.1) is 11.6 Å². The minimum Gasteiger partial charge on any atom is -0.508 e. The number of hydrogen-bond donors (Lipinski definition) is 4. The molecule has 5 amide bonds. The maximum absolute atomic E-state index is 15.3. The molecule has 1 saturated heterocycles. The second kappa shape index (κ2) is 12.2. The topological polar surface area (TPSA) is 161 Å². The third kappa shape index (κ3) is 5.51. The number of hydrogen-bond acceptors (Lipinski definition) is 9. The summed E-state index contributed by atoms with van der Waals surface area (Å²) in [4.78, 5) is 71.1. The molecule has 1 fully saturated rings. The minimum atomic E-state index is -1.41. The molecule has 0 aliphatic carbocycles. The smallest absolute Gasteiger partial charge is 0.258 e. The van der Waals surface area contributed by atoms with Crippen molar-refractivity contribution in [1.82, 2.24) is 20.1 Å². The monoisotopic (exact) mass is 672 g/mol. The van der Waals surface area contributed by atoms with Gasteiger partial charge in [-0.2, -0.15) is 0 Å². The third-order valence-corrected chi connectivity index (χ3v) is 9.28. The number of carbonyl (C=O) groups is 5. The Labute approximate surface area is 275 Å². The van der Waals surface area contributed by atoms with Crippen molar-refractivity contribution in [1.29, 1.82) is 0 Å². The maximum Gasteiger partial charge on any atom is 0.258 e. The molecule has 15 heteroatoms. The zero-order valence-electron chi connectivity index (χ0n) is 25.0. The standard InChI is InChI=1S/C33H26F2N6O6S/c34-19-4-6-24(42)20(12-19)28(30(45)39-33-36-8-9-48-33)41-14-17-2-1-3-22(27(17)32(41)47)37-13-16-10-18-15-40(31(46)26(18)21(35)11-16)23-5-7-25(43)38-29(23)44/h1-4,6,8-12,23,28,37,42H,5,7,13-15H2,(H,36,39,45)(H,38,43,44). The van der Waals surface area contributed by atoms with Crippen LogP contribution in [0.5, 0.6) is 5.75 Å². The van der Waals surface area contributed by atoms with E-state index in [1.165, 1.54) is 22.1 Å². The molecule has 12 nitrogen and oxygen atoms in total. The number of imide groups is 1. The van der Waals surface area contributed by atoms with Crippen LogP contribution in [0.2, 0.25) is 0 Å². The first-order valence-corrected chi connectivity index (χ1v) is 15.8. The lowest BCUT2D eigenvalue weighted by molar-refractivity contribution is -0.137. The zero-order valence-corrected chi connectivity index (χ0v) is 25.8. The number of rotatable bonds is 8. The van der Waals surface area contributed by atoms with E-state index >= 15 is 4.39 Å². The van der Waals surface area contributed by atoms with Crippen LogP contribution >= 0.6 is 11.3 Å². The molecule has 4 heterocycles. The van der Waals surface area contributed by atoms with Gasteiger partial charge < -0.3 is 20.2 Å². The van der Waals surface area contributed by atoms with Crippen molar-refractivity contribution >= 4 is 51.7 Å². The number of phenolic OH excluding ortho intramolecular Hbond substituents is 1. The fourth-order valence-electron chi connectivity index (χ4n) is 6.41. The Morgan fingerprint density at radius 3 is 2.65 bits per heavy atom. The molecule has 7 rings (SSSR count). The van der Waals surface area contributed by atoms with Gasteiger partial charge in [0.25, 0.3) is 17.7 Å². The molecule has 4 aromatic rings. The molecular weight excluding hydrogens is 646 g/mol. The van der Waals surface area contributed by atoms with Gasteiger partial charge in [0.1, 0.15) is 29.5 Å². The highest BCUT2D eigenvalue weighted by Gasteiger charge is 2.42. The number of anilines is 2. The molecule has 3 aliphatic rings. The van der Waals surface area contributed by atoms with Crippen LogP contribution < -0.4 is 16.0 Å². The largest absolute Gasteiger partial charge is 0.508 e. The van der Waals surface area contributed by atoms with E-state index in [9.17, 15) is 33.5 Å². The van der Waals surface area contributed by atoms with Crippen LogP contribution in [0.3, 0.4) is 0 Å². The quantitative estimate of drug-likeness (QED) is 0.206. The number of phenols is 1. The summed E-state index contributed by atoms with van der Waals surface area (Å²) < 4.78 is 29.7. The number of thiazole rings is 1. The molecule has 0 radical (unpaired) electrons. The summed E-state index contributed by atoms with van der Waals surface area (Å²) in [6, 6.07) is 8.81. The lowest BCUT2D eigenvalue weighted by Gasteiger charge is -2.29. The Kier molecular flexibility index (Phi) is 7.83. The summed E-state index contributed by atoms with van der Waals surface area (Å²) in [5, 5.41) is 20.6. The lowest BCUT2D eigenvalue weighted by Crippen LogP contribution is -2.52. The summed E-state index contributed by atoms with van der Waals surface area (Å²) in [6.07, 6.45) is 1.71. The molecule has 4 N–H and O–H groups in total. The Hall–Kier alpha value is -5.70. The van der Waals surface area contributed by atoms with Crippen LogP contribution in [-0.2, 0) is 34.0 Å². The molecule has 0 spiro atoms. The van der Waals surface area contributed by atoms with Gasteiger partial charge >= 0.3 is 0 Å². The molecule has 2 atom stereocenters. The molecular formula is C33H26F2N6O6S. The zero-order chi connectivity index (χ0) is 33.7. The second-order valence-corrected chi connectivity index (χ2v) is 12.5. The number of amides is 5. The average molecular weight is 673 g/mol. The highest BCUT2D eigenvalue weighted by molar-refractivity contribution is 7.13. The second-order valence-electron chi connectivity index (χ2n) is 11.6. The Morgan fingerprint density at radius 1 is 1.04 bits per heavy atom. The van der Waals surface area contributed by atoms with Gasteiger partial charge in [-0.05, 0) is 53.4 Å². The first kappa shape index (κ1) is 30.9. The summed E-state index contributed by atoms with van der Waals surface area (Å²) in [5.41, 5.74) is 1.84. The maximum atomic E-state index is 15.3. The van der Waals surface area contributed by atoms with Crippen molar-refractivity contribution in [3.8, 4) is 5.75 Å². The number of nitrogens with one attached hydrogen (secondary N) is 3. The predicted molar refractivity (Wildman–Crippen MR) is 168 cm³/mol. The summed E-state index contributed by atoms with van der Waals surface area (Å²) in [6.45, 7) is 0.0251. The van der Waals surface area contributed by atoms with Crippen molar-refractivity contribution in [2.75, 3.05) is 10.6 Å².